The van der Waals surface area contributed by atoms with Crippen LogP contribution in [-0.4, -0.2) is 16.2 Å². The predicted octanol–water partition coefficient (Wildman–Crippen LogP) is 1.75. The number of benzene rings is 1. The molecule has 0 aliphatic rings. The zero-order valence-corrected chi connectivity index (χ0v) is 7.35. The summed E-state index contributed by atoms with van der Waals surface area (Å²) in [4.78, 5) is 0. The summed E-state index contributed by atoms with van der Waals surface area (Å²) in [5, 5.41) is -0.525. The smallest absolute Gasteiger partial charge is 0.497 e. The normalized spacial score (nSPS) is 11.3. The van der Waals surface area contributed by atoms with Gasteiger partial charge in [0.2, 0.25) is 0 Å². The van der Waals surface area contributed by atoms with Crippen molar-refractivity contribution in [3.8, 4) is 5.75 Å². The fraction of sp³-hybridized carbons (Fsp3) is 0.143. The maximum Gasteiger partial charge on any atom is 0.653 e. The summed E-state index contributed by atoms with van der Waals surface area (Å²) in [5.74, 6) is 0.442. The minimum atomic E-state index is -5.62. The number of hydrogen-bond acceptors (Lipinski definition) is 1. The molecule has 1 nitrogen and oxygen atoms in total. The average molecular weight is 192 g/mol. The van der Waals surface area contributed by atoms with Crippen molar-refractivity contribution in [1.29, 1.82) is 0 Å². The van der Waals surface area contributed by atoms with Crippen LogP contribution in [0.15, 0.2) is 24.3 Å². The molecule has 0 bridgehead atoms. The second-order valence-corrected chi connectivity index (χ2v) is 3.80. The van der Waals surface area contributed by atoms with E-state index in [9.17, 15) is 12.3 Å². The summed E-state index contributed by atoms with van der Waals surface area (Å²) in [7, 11) is -4.21. The van der Waals surface area contributed by atoms with Crippen molar-refractivity contribution >= 4 is 14.3 Å². The molecule has 0 radical (unpaired) electrons. The van der Waals surface area contributed by atoms with E-state index >= 15 is 0 Å². The Hall–Kier alpha value is -0.973. The number of methoxy groups -OCH3 is 1. The van der Waals surface area contributed by atoms with Gasteiger partial charge in [0.1, 0.15) is 5.75 Å². The van der Waals surface area contributed by atoms with Crippen LogP contribution in [0, 0.1) is 0 Å². The summed E-state index contributed by atoms with van der Waals surface area (Å²) in [5.41, 5.74) is 0. The van der Waals surface area contributed by atoms with Crippen molar-refractivity contribution in [1.82, 2.24) is 0 Å². The monoisotopic (exact) mass is 192 g/mol. The molecule has 0 saturated carbocycles. The van der Waals surface area contributed by atoms with Crippen molar-refractivity contribution in [3.63, 3.8) is 0 Å². The molecule has 66 valence electrons. The highest BCUT2D eigenvalue weighted by Crippen LogP contribution is 2.12. The largest absolute Gasteiger partial charge is 0.653 e. The first-order valence-corrected chi connectivity index (χ1v) is 4.88. The van der Waals surface area contributed by atoms with Gasteiger partial charge in [-0.25, -0.2) is 12.3 Å². The van der Waals surface area contributed by atoms with Crippen molar-refractivity contribution < 1.29 is 17.1 Å². The molecule has 0 atom stereocenters. The van der Waals surface area contributed by atoms with Crippen molar-refractivity contribution in [2.45, 2.75) is 0 Å². The third-order valence-electron chi connectivity index (χ3n) is 1.42. The minimum Gasteiger partial charge on any atom is -0.497 e. The first-order chi connectivity index (χ1) is 5.54. The standard InChI is InChI=1S/C7H7F3OSi/c1-11-6-2-4-7(5-3-6)12(8,9)10/h2-5H,1H3. The summed E-state index contributed by atoms with van der Waals surface area (Å²) in [6.45, 7) is 0. The van der Waals surface area contributed by atoms with Crippen LogP contribution in [0.4, 0.5) is 12.3 Å². The molecule has 1 rings (SSSR count). The van der Waals surface area contributed by atoms with Gasteiger partial charge in [0.15, 0.2) is 0 Å². The van der Waals surface area contributed by atoms with Crippen LogP contribution in [-0.2, 0) is 0 Å². The van der Waals surface area contributed by atoms with E-state index in [2.05, 4.69) is 0 Å². The molecular formula is C7H7F3OSi. The molecule has 12 heavy (non-hydrogen) atoms. The van der Waals surface area contributed by atoms with Gasteiger partial charge in [-0.05, 0) is 12.1 Å². The third-order valence-corrected chi connectivity index (χ3v) is 2.41. The quantitative estimate of drug-likeness (QED) is 0.512. The van der Waals surface area contributed by atoms with E-state index < -0.39 is 14.3 Å². The topological polar surface area (TPSA) is 9.23 Å². The molecule has 0 unspecified atom stereocenters. The molecule has 1 aromatic carbocycles. The van der Waals surface area contributed by atoms with Gasteiger partial charge in [-0.1, -0.05) is 12.1 Å². The molecule has 0 amide bonds. The van der Waals surface area contributed by atoms with Crippen molar-refractivity contribution in [2.24, 2.45) is 0 Å². The van der Waals surface area contributed by atoms with Crippen molar-refractivity contribution in [3.05, 3.63) is 24.3 Å². The molecule has 0 aliphatic carbocycles. The summed E-state index contributed by atoms with van der Waals surface area (Å²) in [6.07, 6.45) is 0. The van der Waals surface area contributed by atoms with E-state index in [1.807, 2.05) is 0 Å². The van der Waals surface area contributed by atoms with Gasteiger partial charge >= 0.3 is 9.08 Å². The van der Waals surface area contributed by atoms with E-state index in [4.69, 9.17) is 4.74 Å². The summed E-state index contributed by atoms with van der Waals surface area (Å²) in [6, 6.07) is 4.72. The molecule has 0 N–H and O–H groups in total. The predicted molar refractivity (Wildman–Crippen MR) is 41.7 cm³/mol. The summed E-state index contributed by atoms with van der Waals surface area (Å²) < 4.78 is 41.1. The Bertz CT molecular complexity index is 254. The van der Waals surface area contributed by atoms with Gasteiger partial charge in [0.25, 0.3) is 0 Å². The highest BCUT2D eigenvalue weighted by Gasteiger charge is 2.39. The Labute approximate surface area is 69.3 Å². The molecule has 0 fully saturated rings. The number of rotatable bonds is 2. The number of ether oxygens (including phenoxy) is 1. The van der Waals surface area contributed by atoms with E-state index in [1.54, 1.807) is 0 Å². The Balaban J connectivity index is 2.93. The molecule has 0 saturated heterocycles. The SMILES string of the molecule is COc1ccc([Si](F)(F)F)cc1. The fourth-order valence-electron chi connectivity index (χ4n) is 0.780. The van der Waals surface area contributed by atoms with Crippen LogP contribution in [0.2, 0.25) is 0 Å². The second kappa shape index (κ2) is 3.18. The molecule has 0 aromatic heterocycles. The molecule has 5 heteroatoms. The number of halogens is 3. The van der Waals surface area contributed by atoms with Crippen LogP contribution >= 0.6 is 0 Å². The van der Waals surface area contributed by atoms with Crippen LogP contribution in [0.1, 0.15) is 0 Å². The summed E-state index contributed by atoms with van der Waals surface area (Å²) >= 11 is 0. The lowest BCUT2D eigenvalue weighted by Crippen LogP contribution is -2.33. The van der Waals surface area contributed by atoms with E-state index in [-0.39, 0.29) is 0 Å². The lowest BCUT2D eigenvalue weighted by atomic mass is 10.3. The Morgan fingerprint density at radius 2 is 1.58 bits per heavy atom. The van der Waals surface area contributed by atoms with Crippen molar-refractivity contribution in [2.75, 3.05) is 7.11 Å². The maximum absolute atomic E-state index is 12.1. The lowest BCUT2D eigenvalue weighted by molar-refractivity contribution is 0.415. The van der Waals surface area contributed by atoms with Gasteiger partial charge in [0.05, 0.1) is 7.11 Å². The third kappa shape index (κ3) is 2.01. The van der Waals surface area contributed by atoms with Gasteiger partial charge in [-0.15, -0.1) is 0 Å². The van der Waals surface area contributed by atoms with Crippen LogP contribution < -0.4 is 9.92 Å². The lowest BCUT2D eigenvalue weighted by Gasteiger charge is -2.03. The van der Waals surface area contributed by atoms with Crippen LogP contribution in [0.25, 0.3) is 0 Å². The zero-order chi connectivity index (χ0) is 9.19. The molecular weight excluding hydrogens is 185 g/mol. The first kappa shape index (κ1) is 9.12. The van der Waals surface area contributed by atoms with Crippen LogP contribution in [0.3, 0.4) is 0 Å². The van der Waals surface area contributed by atoms with Crippen LogP contribution in [0.5, 0.6) is 5.75 Å². The van der Waals surface area contributed by atoms with Gasteiger partial charge in [0, 0.05) is 5.19 Å². The van der Waals surface area contributed by atoms with E-state index in [0.717, 1.165) is 12.1 Å². The van der Waals surface area contributed by atoms with Gasteiger partial charge < -0.3 is 4.74 Å². The second-order valence-electron chi connectivity index (χ2n) is 2.23. The highest BCUT2D eigenvalue weighted by atomic mass is 28.5. The molecule has 0 aliphatic heterocycles. The average Bonchev–Trinajstić information content (AvgIpc) is 2.03. The molecule has 1 aromatic rings. The van der Waals surface area contributed by atoms with E-state index in [1.165, 1.54) is 19.2 Å². The molecule has 0 spiro atoms. The minimum absolute atomic E-state index is 0.442. The first-order valence-electron chi connectivity index (χ1n) is 3.25. The number of hydrogen-bond donors (Lipinski definition) is 0. The van der Waals surface area contributed by atoms with Gasteiger partial charge in [-0.3, -0.25) is 0 Å². The zero-order valence-electron chi connectivity index (χ0n) is 6.35. The fourth-order valence-corrected chi connectivity index (χ4v) is 1.32. The van der Waals surface area contributed by atoms with Gasteiger partial charge in [-0.2, -0.15) is 0 Å². The maximum atomic E-state index is 12.1. The highest BCUT2D eigenvalue weighted by molar-refractivity contribution is 6.73. The Morgan fingerprint density at radius 3 is 1.92 bits per heavy atom. The molecule has 0 heterocycles. The Morgan fingerprint density at radius 1 is 1.08 bits per heavy atom. The Kier molecular flexibility index (Phi) is 2.42. The van der Waals surface area contributed by atoms with E-state index in [0.29, 0.717) is 5.75 Å².